The highest BCUT2D eigenvalue weighted by molar-refractivity contribution is 5.92. The summed E-state index contributed by atoms with van der Waals surface area (Å²) < 4.78 is 0. The molecule has 4 atom stereocenters. The number of nitrogens with one attached hydrogen (secondary N) is 3. The van der Waals surface area contributed by atoms with Gasteiger partial charge in [0.2, 0.25) is 17.7 Å². The lowest BCUT2D eigenvalue weighted by atomic mass is 10.0. The fraction of sp³-hybridized carbons (Fsp3) is 0.778. The number of carboxylic acids is 1. The lowest BCUT2D eigenvalue weighted by Crippen LogP contribution is -2.57. The number of aliphatic hydroxyl groups excluding tert-OH is 1. The van der Waals surface area contributed by atoms with Gasteiger partial charge in [-0.15, -0.1) is 0 Å². The summed E-state index contributed by atoms with van der Waals surface area (Å²) in [6.07, 6.45) is -0.611. The van der Waals surface area contributed by atoms with Crippen LogP contribution >= 0.6 is 0 Å². The van der Waals surface area contributed by atoms with Crippen molar-refractivity contribution < 1.29 is 29.4 Å². The van der Waals surface area contributed by atoms with Gasteiger partial charge in [0.05, 0.1) is 18.7 Å². The highest BCUT2D eigenvalue weighted by Crippen LogP contribution is 2.06. The molecule has 3 amide bonds. The van der Waals surface area contributed by atoms with Crippen molar-refractivity contribution in [3.8, 4) is 0 Å². The number of nitrogens with two attached hydrogens (primary N) is 1. The van der Waals surface area contributed by atoms with E-state index in [0.29, 0.717) is 6.42 Å². The maximum Gasteiger partial charge on any atom is 0.326 e. The van der Waals surface area contributed by atoms with E-state index in [-0.39, 0.29) is 18.3 Å². The number of aliphatic hydroxyl groups is 1. The third-order valence-corrected chi connectivity index (χ3v) is 3.89. The van der Waals surface area contributed by atoms with Gasteiger partial charge in [-0.2, -0.15) is 0 Å². The molecule has 0 saturated heterocycles. The predicted octanol–water partition coefficient (Wildman–Crippen LogP) is -1.04. The highest BCUT2D eigenvalue weighted by Gasteiger charge is 2.30. The Labute approximate surface area is 165 Å². The molecule has 0 spiro atoms. The number of amides is 3. The predicted molar refractivity (Wildman–Crippen MR) is 103 cm³/mol. The van der Waals surface area contributed by atoms with E-state index in [2.05, 4.69) is 16.0 Å². The summed E-state index contributed by atoms with van der Waals surface area (Å²) in [5.41, 5.74) is 5.72. The minimum Gasteiger partial charge on any atom is -0.480 e. The van der Waals surface area contributed by atoms with Gasteiger partial charge >= 0.3 is 5.97 Å². The molecule has 0 heterocycles. The second kappa shape index (κ2) is 12.3. The molecule has 0 aliphatic heterocycles. The molecule has 0 aliphatic carbocycles. The summed E-state index contributed by atoms with van der Waals surface area (Å²) in [4.78, 5) is 47.5. The first-order chi connectivity index (χ1) is 12.8. The van der Waals surface area contributed by atoms with Gasteiger partial charge in [0.25, 0.3) is 0 Å². The Morgan fingerprint density at radius 3 is 1.86 bits per heavy atom. The monoisotopic (exact) mass is 402 g/mol. The van der Waals surface area contributed by atoms with Crippen LogP contribution in [0, 0.1) is 11.8 Å². The van der Waals surface area contributed by atoms with Crippen molar-refractivity contribution >= 4 is 23.7 Å². The zero-order valence-corrected chi connectivity index (χ0v) is 17.2. The SMILES string of the molecule is CC(C)CC(N)C(=O)NCC(=O)NC(C(=O)NC(CC(C)C)C(=O)O)C(C)O. The molecule has 0 aliphatic rings. The summed E-state index contributed by atoms with van der Waals surface area (Å²) >= 11 is 0. The molecular weight excluding hydrogens is 368 g/mol. The molecule has 7 N–H and O–H groups in total. The van der Waals surface area contributed by atoms with Crippen LogP contribution in [0.4, 0.5) is 0 Å². The first-order valence-corrected chi connectivity index (χ1v) is 9.39. The van der Waals surface area contributed by atoms with Gasteiger partial charge in [0.15, 0.2) is 0 Å². The molecule has 28 heavy (non-hydrogen) atoms. The third kappa shape index (κ3) is 10.2. The van der Waals surface area contributed by atoms with E-state index in [4.69, 9.17) is 5.73 Å². The van der Waals surface area contributed by atoms with E-state index in [1.807, 2.05) is 27.7 Å². The molecule has 10 heteroatoms. The topological polar surface area (TPSA) is 171 Å². The van der Waals surface area contributed by atoms with Crippen molar-refractivity contribution in [2.75, 3.05) is 6.54 Å². The maximum atomic E-state index is 12.3. The Balaban J connectivity index is 4.79. The van der Waals surface area contributed by atoms with E-state index in [1.165, 1.54) is 6.92 Å². The molecule has 0 fully saturated rings. The molecule has 0 saturated carbocycles. The fourth-order valence-corrected chi connectivity index (χ4v) is 2.50. The Kier molecular flexibility index (Phi) is 11.3. The Bertz CT molecular complexity index is 550. The quantitative estimate of drug-likeness (QED) is 0.242. The van der Waals surface area contributed by atoms with Crippen molar-refractivity contribution in [1.29, 1.82) is 0 Å². The first-order valence-electron chi connectivity index (χ1n) is 9.39. The highest BCUT2D eigenvalue weighted by atomic mass is 16.4. The van der Waals surface area contributed by atoms with Gasteiger partial charge in [-0.3, -0.25) is 14.4 Å². The number of carbonyl (C=O) groups excluding carboxylic acids is 3. The van der Waals surface area contributed by atoms with Crippen molar-refractivity contribution in [3.63, 3.8) is 0 Å². The molecular formula is C18H34N4O6. The van der Waals surface area contributed by atoms with Crippen molar-refractivity contribution in [2.24, 2.45) is 17.6 Å². The van der Waals surface area contributed by atoms with Crippen LogP contribution in [0.2, 0.25) is 0 Å². The van der Waals surface area contributed by atoms with Crippen LogP contribution in [0.3, 0.4) is 0 Å². The van der Waals surface area contributed by atoms with E-state index in [1.54, 1.807) is 0 Å². The Hall–Kier alpha value is -2.20. The van der Waals surface area contributed by atoms with Crippen molar-refractivity contribution in [3.05, 3.63) is 0 Å². The van der Waals surface area contributed by atoms with E-state index in [0.717, 1.165) is 0 Å². The lowest BCUT2D eigenvalue weighted by molar-refractivity contribution is -0.143. The number of hydrogen-bond donors (Lipinski definition) is 6. The number of hydrogen-bond acceptors (Lipinski definition) is 6. The van der Waals surface area contributed by atoms with Crippen LogP contribution in [0.5, 0.6) is 0 Å². The molecule has 0 aromatic heterocycles. The van der Waals surface area contributed by atoms with Crippen LogP contribution in [0.25, 0.3) is 0 Å². The second-order valence-corrected chi connectivity index (χ2v) is 7.77. The lowest BCUT2D eigenvalue weighted by Gasteiger charge is -2.24. The van der Waals surface area contributed by atoms with Gasteiger partial charge in [-0.05, 0) is 31.6 Å². The summed E-state index contributed by atoms with van der Waals surface area (Å²) in [6, 6.07) is -3.25. The molecule has 4 unspecified atom stereocenters. The summed E-state index contributed by atoms with van der Waals surface area (Å²) in [7, 11) is 0. The fourth-order valence-electron chi connectivity index (χ4n) is 2.50. The van der Waals surface area contributed by atoms with Gasteiger partial charge in [0.1, 0.15) is 12.1 Å². The maximum absolute atomic E-state index is 12.3. The molecule has 0 aromatic carbocycles. The standard InChI is InChI=1S/C18H34N4O6/c1-9(2)6-12(19)16(25)20-8-14(24)22-15(11(5)23)17(26)21-13(18(27)28)7-10(3)4/h9-13,15,23H,6-8,19H2,1-5H3,(H,20,25)(H,21,26)(H,22,24)(H,27,28). The smallest absolute Gasteiger partial charge is 0.326 e. The third-order valence-electron chi connectivity index (χ3n) is 3.89. The summed E-state index contributed by atoms with van der Waals surface area (Å²) in [5.74, 6) is -2.99. The largest absolute Gasteiger partial charge is 0.480 e. The van der Waals surface area contributed by atoms with Crippen LogP contribution < -0.4 is 21.7 Å². The number of carboxylic acid groups (broad SMARTS) is 1. The van der Waals surface area contributed by atoms with Crippen LogP contribution in [-0.4, -0.2) is 64.7 Å². The van der Waals surface area contributed by atoms with Crippen molar-refractivity contribution in [2.45, 2.75) is 71.7 Å². The normalized spacial score (nSPS) is 15.5. The number of carbonyl (C=O) groups is 4. The molecule has 162 valence electrons. The summed E-state index contributed by atoms with van der Waals surface area (Å²) in [6.45, 7) is 8.31. The average molecular weight is 402 g/mol. The van der Waals surface area contributed by atoms with E-state index < -0.39 is 54.5 Å². The van der Waals surface area contributed by atoms with E-state index >= 15 is 0 Å². The molecule has 10 nitrogen and oxygen atoms in total. The van der Waals surface area contributed by atoms with Gasteiger partial charge in [-0.25, -0.2) is 4.79 Å². The Morgan fingerprint density at radius 2 is 1.43 bits per heavy atom. The second-order valence-electron chi connectivity index (χ2n) is 7.77. The molecule has 0 aromatic rings. The average Bonchev–Trinajstić information content (AvgIpc) is 2.55. The van der Waals surface area contributed by atoms with Crippen LogP contribution in [-0.2, 0) is 19.2 Å². The molecule has 0 rings (SSSR count). The Morgan fingerprint density at radius 1 is 0.893 bits per heavy atom. The van der Waals surface area contributed by atoms with Gasteiger partial charge < -0.3 is 31.9 Å². The van der Waals surface area contributed by atoms with Crippen molar-refractivity contribution in [1.82, 2.24) is 16.0 Å². The van der Waals surface area contributed by atoms with Gasteiger partial charge in [-0.1, -0.05) is 27.7 Å². The van der Waals surface area contributed by atoms with Gasteiger partial charge in [0, 0.05) is 0 Å². The zero-order chi connectivity index (χ0) is 22.0. The number of rotatable bonds is 12. The zero-order valence-electron chi connectivity index (χ0n) is 17.2. The first kappa shape index (κ1) is 25.8. The number of aliphatic carboxylic acids is 1. The van der Waals surface area contributed by atoms with Crippen LogP contribution in [0.1, 0.15) is 47.5 Å². The minimum absolute atomic E-state index is 0.0197. The van der Waals surface area contributed by atoms with E-state index in [9.17, 15) is 29.4 Å². The van der Waals surface area contributed by atoms with Crippen LogP contribution in [0.15, 0.2) is 0 Å². The summed E-state index contributed by atoms with van der Waals surface area (Å²) in [5, 5.41) is 26.0. The molecule has 0 radical (unpaired) electrons. The minimum atomic E-state index is -1.36. The molecule has 0 bridgehead atoms.